The van der Waals surface area contributed by atoms with Crippen LogP contribution >= 0.6 is 0 Å². The van der Waals surface area contributed by atoms with E-state index in [2.05, 4.69) is 10.6 Å². The van der Waals surface area contributed by atoms with E-state index in [-0.39, 0.29) is 21.8 Å². The molecule has 0 fully saturated rings. The van der Waals surface area contributed by atoms with E-state index in [0.717, 1.165) is 34.1 Å². The second-order valence-electron chi connectivity index (χ2n) is 9.09. The van der Waals surface area contributed by atoms with Crippen LogP contribution in [0.5, 0.6) is 11.5 Å². The normalized spacial score (nSPS) is 10.9. The van der Waals surface area contributed by atoms with Gasteiger partial charge in [0.2, 0.25) is 5.91 Å². The molecule has 0 aliphatic carbocycles. The van der Waals surface area contributed by atoms with Crippen LogP contribution in [-0.4, -0.2) is 47.5 Å². The third-order valence-electron chi connectivity index (χ3n) is 6.33. The number of nitrogens with one attached hydrogen (secondary N) is 2. The summed E-state index contributed by atoms with van der Waals surface area (Å²) in [6.45, 7) is -0.271. The van der Waals surface area contributed by atoms with Gasteiger partial charge >= 0.3 is 0 Å². The summed E-state index contributed by atoms with van der Waals surface area (Å²) in [5.41, 5.74) is 1.61. The highest BCUT2D eigenvalue weighted by Crippen LogP contribution is 2.28. The molecule has 0 bridgehead atoms. The fraction of sp³-hybridized carbons (Fsp3) is 0.161. The van der Waals surface area contributed by atoms with E-state index < -0.39 is 34.2 Å². The van der Waals surface area contributed by atoms with Crippen molar-refractivity contribution in [2.24, 2.45) is 0 Å². The number of nitrogens with zero attached hydrogens (tertiary/aromatic N) is 1. The number of hydrogen-bond acceptors (Lipinski definition) is 6. The van der Waals surface area contributed by atoms with Crippen molar-refractivity contribution in [3.05, 3.63) is 114 Å². The molecular formula is C31H30FN3O6S. The van der Waals surface area contributed by atoms with Gasteiger partial charge in [-0.1, -0.05) is 36.4 Å². The lowest BCUT2D eigenvalue weighted by atomic mass is 10.1. The Morgan fingerprint density at radius 3 is 2.19 bits per heavy atom. The smallest absolute Gasteiger partial charge is 0.264 e. The van der Waals surface area contributed by atoms with Gasteiger partial charge in [0, 0.05) is 6.54 Å². The van der Waals surface area contributed by atoms with Crippen molar-refractivity contribution in [3.63, 3.8) is 0 Å². The summed E-state index contributed by atoms with van der Waals surface area (Å²) in [5.74, 6) is -0.483. The van der Waals surface area contributed by atoms with Gasteiger partial charge in [-0.2, -0.15) is 0 Å². The summed E-state index contributed by atoms with van der Waals surface area (Å²) >= 11 is 0. The molecule has 42 heavy (non-hydrogen) atoms. The molecule has 4 aromatic carbocycles. The monoisotopic (exact) mass is 591 g/mol. The average molecular weight is 592 g/mol. The third kappa shape index (κ3) is 7.24. The lowest BCUT2D eigenvalue weighted by Crippen LogP contribution is -2.38. The maximum atomic E-state index is 13.5. The minimum Gasteiger partial charge on any atom is -0.493 e. The molecule has 0 aliphatic rings. The second kappa shape index (κ2) is 13.6. The number of methoxy groups -OCH3 is 2. The molecule has 0 radical (unpaired) electrons. The van der Waals surface area contributed by atoms with Crippen LogP contribution < -0.4 is 24.4 Å². The van der Waals surface area contributed by atoms with Crippen LogP contribution in [0.3, 0.4) is 0 Å². The zero-order valence-corrected chi connectivity index (χ0v) is 23.9. The lowest BCUT2D eigenvalue weighted by Gasteiger charge is -2.24. The van der Waals surface area contributed by atoms with Gasteiger partial charge in [0.25, 0.3) is 15.9 Å². The molecule has 218 valence electrons. The number of amides is 2. The zero-order valence-electron chi connectivity index (χ0n) is 23.0. The Morgan fingerprint density at radius 1 is 0.833 bits per heavy atom. The fourth-order valence-electron chi connectivity index (χ4n) is 4.21. The second-order valence-corrected chi connectivity index (χ2v) is 11.0. The van der Waals surface area contributed by atoms with Crippen LogP contribution in [0.25, 0.3) is 0 Å². The van der Waals surface area contributed by atoms with Crippen molar-refractivity contribution in [2.45, 2.75) is 11.3 Å². The minimum atomic E-state index is -4.22. The highest BCUT2D eigenvalue weighted by atomic mass is 32.2. The minimum absolute atomic E-state index is 0.171. The first-order valence-corrected chi connectivity index (χ1v) is 14.4. The molecule has 11 heteroatoms. The van der Waals surface area contributed by atoms with Gasteiger partial charge in [-0.25, -0.2) is 12.8 Å². The van der Waals surface area contributed by atoms with Crippen LogP contribution in [0.2, 0.25) is 0 Å². The third-order valence-corrected chi connectivity index (χ3v) is 8.11. The number of sulfonamides is 1. The highest BCUT2D eigenvalue weighted by Gasteiger charge is 2.27. The predicted octanol–water partition coefficient (Wildman–Crippen LogP) is 4.65. The molecule has 0 saturated carbocycles. The van der Waals surface area contributed by atoms with Crippen LogP contribution in [0.15, 0.2) is 102 Å². The molecule has 0 heterocycles. The number of carbonyl (C=O) groups excluding carboxylic acids is 2. The van der Waals surface area contributed by atoms with Gasteiger partial charge in [-0.3, -0.25) is 13.9 Å². The Morgan fingerprint density at radius 2 is 1.50 bits per heavy atom. The number of hydrogen-bond donors (Lipinski definition) is 2. The van der Waals surface area contributed by atoms with Crippen molar-refractivity contribution in [1.29, 1.82) is 0 Å². The summed E-state index contributed by atoms with van der Waals surface area (Å²) in [5, 5.41) is 5.51. The van der Waals surface area contributed by atoms with Crippen LogP contribution in [0.4, 0.5) is 15.8 Å². The summed E-state index contributed by atoms with van der Waals surface area (Å²) in [7, 11) is -1.12. The van der Waals surface area contributed by atoms with E-state index in [1.165, 1.54) is 0 Å². The molecule has 0 aliphatic heterocycles. The van der Waals surface area contributed by atoms with Gasteiger partial charge in [0.1, 0.15) is 12.4 Å². The zero-order chi connectivity index (χ0) is 30.1. The Bertz CT molecular complexity index is 1650. The van der Waals surface area contributed by atoms with E-state index in [0.29, 0.717) is 24.5 Å². The van der Waals surface area contributed by atoms with Crippen molar-refractivity contribution in [1.82, 2.24) is 5.32 Å². The van der Waals surface area contributed by atoms with Crippen molar-refractivity contribution in [3.8, 4) is 11.5 Å². The number of rotatable bonds is 12. The van der Waals surface area contributed by atoms with Gasteiger partial charge in [-0.05, 0) is 72.6 Å². The first kappa shape index (κ1) is 30.1. The largest absolute Gasteiger partial charge is 0.493 e. The number of anilines is 2. The molecule has 4 rings (SSSR count). The molecule has 9 nitrogen and oxygen atoms in total. The first-order valence-electron chi connectivity index (χ1n) is 12.9. The van der Waals surface area contributed by atoms with Crippen LogP contribution in [-0.2, 0) is 21.2 Å². The Kier molecular flexibility index (Phi) is 9.77. The molecule has 0 atom stereocenters. The van der Waals surface area contributed by atoms with Crippen molar-refractivity contribution < 1.29 is 31.9 Å². The first-order chi connectivity index (χ1) is 20.2. The Labute approximate surface area is 243 Å². The maximum absolute atomic E-state index is 13.5. The molecule has 2 N–H and O–H groups in total. The van der Waals surface area contributed by atoms with E-state index in [1.807, 2.05) is 12.1 Å². The van der Waals surface area contributed by atoms with E-state index >= 15 is 0 Å². The quantitative estimate of drug-likeness (QED) is 0.248. The fourth-order valence-corrected chi connectivity index (χ4v) is 5.63. The van der Waals surface area contributed by atoms with Crippen molar-refractivity contribution >= 4 is 33.2 Å². The number of para-hydroxylation sites is 2. The molecule has 4 aromatic rings. The summed E-state index contributed by atoms with van der Waals surface area (Å²) < 4.78 is 51.9. The summed E-state index contributed by atoms with van der Waals surface area (Å²) in [6, 6.07) is 24.4. The topological polar surface area (TPSA) is 114 Å². The average Bonchev–Trinajstić information content (AvgIpc) is 3.00. The molecule has 2 amide bonds. The number of ether oxygens (including phenoxy) is 2. The molecular weight excluding hydrogens is 561 g/mol. The van der Waals surface area contributed by atoms with Crippen LogP contribution in [0, 0.1) is 5.82 Å². The maximum Gasteiger partial charge on any atom is 0.264 e. The van der Waals surface area contributed by atoms with Gasteiger partial charge in [-0.15, -0.1) is 0 Å². The van der Waals surface area contributed by atoms with E-state index in [9.17, 15) is 22.4 Å². The standard InChI is InChI=1S/C31H30FN3O6S/c1-40-28-17-12-22(20-29(28)41-2)18-19-33-31(37)26-10-6-7-11-27(26)34-30(36)21-35(24-8-4-3-5-9-24)42(38,39)25-15-13-23(32)14-16-25/h3-17,20H,18-19,21H2,1-2H3,(H,33,37)(H,34,36). The van der Waals surface area contributed by atoms with Gasteiger partial charge in [0.15, 0.2) is 11.5 Å². The molecule has 0 saturated heterocycles. The van der Waals surface area contributed by atoms with Gasteiger partial charge < -0.3 is 20.1 Å². The highest BCUT2D eigenvalue weighted by molar-refractivity contribution is 7.92. The Balaban J connectivity index is 1.47. The van der Waals surface area contributed by atoms with Gasteiger partial charge in [0.05, 0.1) is 36.1 Å². The summed E-state index contributed by atoms with van der Waals surface area (Å²) in [4.78, 5) is 26.0. The van der Waals surface area contributed by atoms with Crippen LogP contribution in [0.1, 0.15) is 15.9 Å². The van der Waals surface area contributed by atoms with Crippen molar-refractivity contribution in [2.75, 3.05) is 36.9 Å². The Hall–Kier alpha value is -4.90. The van der Waals surface area contributed by atoms with E-state index in [1.54, 1.807) is 74.9 Å². The molecule has 0 unspecified atom stereocenters. The number of carbonyl (C=O) groups is 2. The number of benzene rings is 4. The molecule has 0 aromatic heterocycles. The summed E-state index contributed by atoms with van der Waals surface area (Å²) in [6.07, 6.45) is 0.522. The molecule has 0 spiro atoms. The SMILES string of the molecule is COc1ccc(CCNC(=O)c2ccccc2NC(=O)CN(c2ccccc2)S(=O)(=O)c2ccc(F)cc2)cc1OC. The lowest BCUT2D eigenvalue weighted by molar-refractivity contribution is -0.114. The van der Waals surface area contributed by atoms with E-state index in [4.69, 9.17) is 9.47 Å². The predicted molar refractivity (Wildman–Crippen MR) is 158 cm³/mol. The number of halogens is 1.